The van der Waals surface area contributed by atoms with E-state index in [1.54, 1.807) is 11.3 Å². The van der Waals surface area contributed by atoms with Gasteiger partial charge in [0.1, 0.15) is 10.7 Å². The molecule has 0 atom stereocenters. The number of hydrogen-bond acceptors (Lipinski definition) is 4. The monoisotopic (exact) mass is 354 g/mol. The number of benzene rings is 1. The van der Waals surface area contributed by atoms with Crippen molar-refractivity contribution in [2.75, 3.05) is 33.2 Å². The number of rotatable bonds is 3. The van der Waals surface area contributed by atoms with E-state index in [9.17, 15) is 4.79 Å². The topological polar surface area (TPSA) is 41.4 Å². The van der Waals surface area contributed by atoms with Crippen molar-refractivity contribution in [3.8, 4) is 10.7 Å². The molecule has 0 radical (unpaired) electrons. The zero-order valence-corrected chi connectivity index (χ0v) is 15.4. The number of hydrogen-bond donors (Lipinski definition) is 0. The van der Waals surface area contributed by atoms with E-state index < -0.39 is 0 Å². The Morgan fingerprint density at radius 2 is 1.96 bits per heavy atom. The molecule has 2 aromatic heterocycles. The van der Waals surface area contributed by atoms with Crippen LogP contribution in [-0.2, 0) is 6.54 Å². The third kappa shape index (κ3) is 2.96. The minimum Gasteiger partial charge on any atom is -0.339 e. The number of amides is 1. The zero-order chi connectivity index (χ0) is 17.4. The number of para-hydroxylation sites is 1. The van der Waals surface area contributed by atoms with Gasteiger partial charge in [0, 0.05) is 49.0 Å². The van der Waals surface area contributed by atoms with Crippen LogP contribution in [0.3, 0.4) is 0 Å². The summed E-state index contributed by atoms with van der Waals surface area (Å²) in [5.41, 5.74) is 2.87. The number of carbonyl (C=O) groups excluding carboxylic acids is 1. The lowest BCUT2D eigenvalue weighted by Crippen LogP contribution is -2.47. The molecule has 6 heteroatoms. The molecule has 0 spiro atoms. The van der Waals surface area contributed by atoms with Crippen LogP contribution in [0, 0.1) is 0 Å². The fourth-order valence-corrected chi connectivity index (χ4v) is 4.21. The number of likely N-dealkylation sites (N-methyl/N-ethyl adjacent to an activating group) is 1. The molecule has 0 bridgehead atoms. The van der Waals surface area contributed by atoms with Crippen LogP contribution >= 0.6 is 11.3 Å². The molecule has 130 valence electrons. The predicted molar refractivity (Wildman–Crippen MR) is 102 cm³/mol. The van der Waals surface area contributed by atoms with E-state index in [1.807, 2.05) is 10.3 Å². The van der Waals surface area contributed by atoms with Gasteiger partial charge in [-0.15, -0.1) is 11.3 Å². The van der Waals surface area contributed by atoms with Gasteiger partial charge in [-0.1, -0.05) is 18.2 Å². The van der Waals surface area contributed by atoms with Crippen LogP contribution in [0.1, 0.15) is 17.4 Å². The largest absolute Gasteiger partial charge is 0.339 e. The fraction of sp³-hybridized carbons (Fsp3) is 0.368. The van der Waals surface area contributed by atoms with Crippen LogP contribution in [0.25, 0.3) is 21.6 Å². The second-order valence-electron chi connectivity index (χ2n) is 6.47. The summed E-state index contributed by atoms with van der Waals surface area (Å²) in [4.78, 5) is 21.6. The summed E-state index contributed by atoms with van der Waals surface area (Å²) < 4.78 is 2.26. The van der Waals surface area contributed by atoms with Crippen molar-refractivity contribution in [2.24, 2.45) is 0 Å². The Bertz CT molecular complexity index is 905. The molecule has 0 saturated carbocycles. The lowest BCUT2D eigenvalue weighted by molar-refractivity contribution is 0.0659. The summed E-state index contributed by atoms with van der Waals surface area (Å²) in [6, 6.07) is 10.5. The summed E-state index contributed by atoms with van der Waals surface area (Å²) in [5.74, 6) is 0.0507. The van der Waals surface area contributed by atoms with E-state index in [2.05, 4.69) is 58.8 Å². The molecule has 1 aromatic carbocycles. The second-order valence-corrected chi connectivity index (χ2v) is 7.32. The number of aromatic nitrogens is 2. The van der Waals surface area contributed by atoms with Crippen molar-refractivity contribution in [3.63, 3.8) is 0 Å². The maximum atomic E-state index is 12.7. The number of nitrogens with zero attached hydrogens (tertiary/aromatic N) is 4. The van der Waals surface area contributed by atoms with Gasteiger partial charge in [0.15, 0.2) is 0 Å². The number of thiazole rings is 1. The van der Waals surface area contributed by atoms with Gasteiger partial charge in [-0.2, -0.15) is 0 Å². The Labute approximate surface area is 151 Å². The van der Waals surface area contributed by atoms with Crippen molar-refractivity contribution in [3.05, 3.63) is 41.4 Å². The molecule has 1 aliphatic rings. The third-order valence-corrected chi connectivity index (χ3v) is 5.72. The highest BCUT2D eigenvalue weighted by Gasteiger charge is 2.23. The van der Waals surface area contributed by atoms with Crippen LogP contribution in [0.5, 0.6) is 0 Å². The Morgan fingerprint density at radius 1 is 1.20 bits per heavy atom. The molecule has 1 saturated heterocycles. The number of aryl methyl sites for hydroxylation is 1. The first kappa shape index (κ1) is 16.3. The first-order valence-corrected chi connectivity index (χ1v) is 9.57. The van der Waals surface area contributed by atoms with Crippen molar-refractivity contribution in [2.45, 2.75) is 13.5 Å². The van der Waals surface area contributed by atoms with Gasteiger partial charge < -0.3 is 14.4 Å². The van der Waals surface area contributed by atoms with Crippen LogP contribution in [0.2, 0.25) is 0 Å². The Kier molecular flexibility index (Phi) is 4.31. The van der Waals surface area contributed by atoms with Crippen LogP contribution < -0.4 is 0 Å². The van der Waals surface area contributed by atoms with Gasteiger partial charge in [0.2, 0.25) is 0 Å². The van der Waals surface area contributed by atoms with Gasteiger partial charge in [-0.25, -0.2) is 4.98 Å². The lowest BCUT2D eigenvalue weighted by atomic mass is 10.2. The zero-order valence-electron chi connectivity index (χ0n) is 14.6. The third-order valence-electron chi connectivity index (χ3n) is 4.86. The highest BCUT2D eigenvalue weighted by molar-refractivity contribution is 7.13. The lowest BCUT2D eigenvalue weighted by Gasteiger charge is -2.31. The fourth-order valence-electron chi connectivity index (χ4n) is 3.39. The minimum absolute atomic E-state index is 0.0507. The van der Waals surface area contributed by atoms with E-state index in [4.69, 9.17) is 0 Å². The van der Waals surface area contributed by atoms with Gasteiger partial charge in [0.25, 0.3) is 5.91 Å². The summed E-state index contributed by atoms with van der Waals surface area (Å²) >= 11 is 1.55. The molecule has 0 N–H and O–H groups in total. The first-order valence-electron chi connectivity index (χ1n) is 8.69. The van der Waals surface area contributed by atoms with Crippen molar-refractivity contribution in [1.29, 1.82) is 0 Å². The molecule has 0 aliphatic carbocycles. The van der Waals surface area contributed by atoms with E-state index in [-0.39, 0.29) is 5.91 Å². The Hall–Kier alpha value is -2.18. The molecule has 1 aliphatic heterocycles. The molecule has 25 heavy (non-hydrogen) atoms. The minimum atomic E-state index is 0.0507. The average Bonchev–Trinajstić information content (AvgIpc) is 3.26. The van der Waals surface area contributed by atoms with Crippen LogP contribution in [0.15, 0.2) is 35.7 Å². The number of carbonyl (C=O) groups is 1. The van der Waals surface area contributed by atoms with Gasteiger partial charge >= 0.3 is 0 Å². The summed E-state index contributed by atoms with van der Waals surface area (Å²) in [7, 11) is 2.09. The Balaban J connectivity index is 1.64. The van der Waals surface area contributed by atoms with Gasteiger partial charge in [0.05, 0.1) is 5.69 Å². The van der Waals surface area contributed by atoms with Gasteiger partial charge in [-0.05, 0) is 26.1 Å². The Morgan fingerprint density at radius 3 is 2.72 bits per heavy atom. The molecule has 3 aromatic rings. The molecule has 4 rings (SSSR count). The molecule has 1 amide bonds. The summed E-state index contributed by atoms with van der Waals surface area (Å²) in [6.07, 6.45) is 0. The molecule has 1 fully saturated rings. The number of fused-ring (bicyclic) bond motifs is 1. The van der Waals surface area contributed by atoms with Crippen LogP contribution in [0.4, 0.5) is 0 Å². The molecule has 3 heterocycles. The molecule has 5 nitrogen and oxygen atoms in total. The average molecular weight is 354 g/mol. The van der Waals surface area contributed by atoms with E-state index in [1.165, 1.54) is 10.9 Å². The van der Waals surface area contributed by atoms with Gasteiger partial charge in [-0.3, -0.25) is 4.79 Å². The number of piperazine rings is 1. The summed E-state index contributed by atoms with van der Waals surface area (Å²) in [6.45, 7) is 6.42. The highest BCUT2D eigenvalue weighted by atomic mass is 32.1. The van der Waals surface area contributed by atoms with Crippen molar-refractivity contribution >= 4 is 28.1 Å². The maximum absolute atomic E-state index is 12.7. The SMILES string of the molecule is CCn1c(-c2nc(C(=O)N3CCN(C)CC3)cs2)cc2ccccc21. The second kappa shape index (κ2) is 6.61. The first-order chi connectivity index (χ1) is 12.2. The highest BCUT2D eigenvalue weighted by Crippen LogP contribution is 2.30. The van der Waals surface area contributed by atoms with Crippen molar-refractivity contribution < 1.29 is 4.79 Å². The predicted octanol–water partition coefficient (Wildman–Crippen LogP) is 3.17. The van der Waals surface area contributed by atoms with E-state index in [0.717, 1.165) is 43.4 Å². The molecular weight excluding hydrogens is 332 g/mol. The quantitative estimate of drug-likeness (QED) is 0.725. The normalized spacial score (nSPS) is 15.8. The van der Waals surface area contributed by atoms with Crippen molar-refractivity contribution in [1.82, 2.24) is 19.4 Å². The maximum Gasteiger partial charge on any atom is 0.273 e. The molecular formula is C19H22N4OS. The standard InChI is InChI=1S/C19H22N4OS/c1-3-23-16-7-5-4-6-14(16)12-17(23)18-20-15(13-25-18)19(24)22-10-8-21(2)9-11-22/h4-7,12-13H,3,8-11H2,1-2H3. The summed E-state index contributed by atoms with van der Waals surface area (Å²) in [5, 5.41) is 4.02. The molecule has 0 unspecified atom stereocenters. The van der Waals surface area contributed by atoms with E-state index >= 15 is 0 Å². The van der Waals surface area contributed by atoms with Crippen LogP contribution in [-0.4, -0.2) is 58.5 Å². The van der Waals surface area contributed by atoms with E-state index in [0.29, 0.717) is 5.69 Å². The smallest absolute Gasteiger partial charge is 0.273 e.